The quantitative estimate of drug-likeness (QED) is 0.842. The Labute approximate surface area is 159 Å². The van der Waals surface area contributed by atoms with Gasteiger partial charge >= 0.3 is 0 Å². The van der Waals surface area contributed by atoms with Crippen molar-refractivity contribution in [3.63, 3.8) is 0 Å². The normalized spacial score (nSPS) is 20.9. The van der Waals surface area contributed by atoms with E-state index in [0.717, 1.165) is 5.75 Å². The van der Waals surface area contributed by atoms with E-state index in [0.29, 0.717) is 39.9 Å². The average Bonchev–Trinajstić information content (AvgIpc) is 3.11. The fourth-order valence-electron chi connectivity index (χ4n) is 3.20. The average molecular weight is 387 g/mol. The Balaban J connectivity index is 1.63. The Hall–Kier alpha value is -2.74. The molecule has 4 rings (SSSR count). The summed E-state index contributed by atoms with van der Waals surface area (Å²) in [4.78, 5) is 17.1. The lowest BCUT2D eigenvalue weighted by Crippen LogP contribution is -2.29. The minimum absolute atomic E-state index is 0.0795. The number of amides is 1. The van der Waals surface area contributed by atoms with Crippen LogP contribution in [0.3, 0.4) is 0 Å². The first-order valence-corrected chi connectivity index (χ1v) is 9.43. The minimum Gasteiger partial charge on any atom is -0.454 e. The SMILES string of the molecule is CC1(c2cc(NC(=O)c3cccc4c3OCO4)ccc2F)CCSC(N)=N1. The van der Waals surface area contributed by atoms with Crippen LogP contribution >= 0.6 is 11.8 Å². The molecule has 140 valence electrons. The molecular weight excluding hydrogens is 369 g/mol. The van der Waals surface area contributed by atoms with Gasteiger partial charge < -0.3 is 20.5 Å². The van der Waals surface area contributed by atoms with Crippen molar-refractivity contribution in [1.29, 1.82) is 0 Å². The van der Waals surface area contributed by atoms with Gasteiger partial charge in [0.05, 0.1) is 11.1 Å². The number of hydrogen-bond donors (Lipinski definition) is 2. The first kappa shape index (κ1) is 17.7. The van der Waals surface area contributed by atoms with Gasteiger partial charge in [0, 0.05) is 17.0 Å². The van der Waals surface area contributed by atoms with Crippen molar-refractivity contribution in [3.8, 4) is 11.5 Å². The van der Waals surface area contributed by atoms with Crippen LogP contribution in [0.2, 0.25) is 0 Å². The Morgan fingerprint density at radius 3 is 3.00 bits per heavy atom. The van der Waals surface area contributed by atoms with Crippen molar-refractivity contribution in [3.05, 3.63) is 53.3 Å². The van der Waals surface area contributed by atoms with Crippen molar-refractivity contribution >= 4 is 28.5 Å². The zero-order valence-electron chi connectivity index (χ0n) is 14.6. The second-order valence-electron chi connectivity index (χ2n) is 6.51. The Morgan fingerprint density at radius 1 is 1.33 bits per heavy atom. The Kier molecular flexibility index (Phi) is 4.43. The summed E-state index contributed by atoms with van der Waals surface area (Å²) in [5, 5.41) is 3.24. The number of benzene rings is 2. The Bertz CT molecular complexity index is 950. The summed E-state index contributed by atoms with van der Waals surface area (Å²) < 4.78 is 25.2. The van der Waals surface area contributed by atoms with Crippen LogP contribution in [0.1, 0.15) is 29.3 Å². The lowest BCUT2D eigenvalue weighted by atomic mass is 9.89. The molecule has 0 bridgehead atoms. The van der Waals surface area contributed by atoms with Gasteiger partial charge in [0.25, 0.3) is 5.91 Å². The largest absolute Gasteiger partial charge is 0.454 e. The third-order valence-electron chi connectivity index (χ3n) is 4.64. The second kappa shape index (κ2) is 6.77. The lowest BCUT2D eigenvalue weighted by Gasteiger charge is -2.30. The number of halogens is 1. The molecule has 8 heteroatoms. The van der Waals surface area contributed by atoms with Crippen LogP contribution in [0.25, 0.3) is 0 Å². The minimum atomic E-state index is -0.759. The number of amidine groups is 1. The fourth-order valence-corrected chi connectivity index (χ4v) is 4.18. The molecule has 0 aromatic heterocycles. The van der Waals surface area contributed by atoms with E-state index in [4.69, 9.17) is 15.2 Å². The monoisotopic (exact) mass is 387 g/mol. The second-order valence-corrected chi connectivity index (χ2v) is 7.63. The van der Waals surface area contributed by atoms with E-state index >= 15 is 0 Å². The van der Waals surface area contributed by atoms with E-state index in [1.807, 2.05) is 6.92 Å². The molecule has 2 aliphatic rings. The number of fused-ring (bicyclic) bond motifs is 1. The highest BCUT2D eigenvalue weighted by molar-refractivity contribution is 8.13. The van der Waals surface area contributed by atoms with Crippen molar-refractivity contribution < 1.29 is 18.7 Å². The standard InChI is InChI=1S/C19H18FN3O3S/c1-19(7-8-27-18(21)23-19)13-9-11(5-6-14(13)20)22-17(24)12-3-2-4-15-16(12)26-10-25-15/h2-6,9H,7-8,10H2,1H3,(H2,21,23)(H,22,24). The number of thioether (sulfide) groups is 1. The molecule has 2 aromatic carbocycles. The number of aliphatic imine (C=N–C) groups is 1. The molecule has 0 saturated heterocycles. The van der Waals surface area contributed by atoms with Gasteiger partial charge in [-0.3, -0.25) is 9.79 Å². The summed E-state index contributed by atoms with van der Waals surface area (Å²) in [6.45, 7) is 1.93. The van der Waals surface area contributed by atoms with Crippen molar-refractivity contribution in [2.45, 2.75) is 18.9 Å². The van der Waals surface area contributed by atoms with Crippen LogP contribution in [-0.4, -0.2) is 23.6 Å². The predicted molar refractivity (Wildman–Crippen MR) is 103 cm³/mol. The molecule has 2 aliphatic heterocycles. The molecule has 0 spiro atoms. The molecule has 1 unspecified atom stereocenters. The third kappa shape index (κ3) is 3.32. The predicted octanol–water partition coefficient (Wildman–Crippen LogP) is 3.47. The number of rotatable bonds is 3. The topological polar surface area (TPSA) is 85.9 Å². The van der Waals surface area contributed by atoms with Gasteiger partial charge in [-0.1, -0.05) is 17.8 Å². The Morgan fingerprint density at radius 2 is 2.19 bits per heavy atom. The summed E-state index contributed by atoms with van der Waals surface area (Å²) in [6, 6.07) is 9.57. The fraction of sp³-hybridized carbons (Fsp3) is 0.263. The van der Waals surface area contributed by atoms with Crippen molar-refractivity contribution in [1.82, 2.24) is 0 Å². The van der Waals surface area contributed by atoms with E-state index in [1.54, 1.807) is 24.3 Å². The van der Waals surface area contributed by atoms with Gasteiger partial charge in [-0.15, -0.1) is 0 Å². The molecule has 1 amide bonds. The number of hydrogen-bond acceptors (Lipinski definition) is 6. The summed E-state index contributed by atoms with van der Waals surface area (Å²) in [7, 11) is 0. The molecule has 27 heavy (non-hydrogen) atoms. The molecule has 0 radical (unpaired) electrons. The van der Waals surface area contributed by atoms with Crippen molar-refractivity contribution in [2.75, 3.05) is 17.9 Å². The number of nitrogens with zero attached hydrogens (tertiary/aromatic N) is 1. The van der Waals surface area contributed by atoms with Gasteiger partial charge in [-0.05, 0) is 43.7 Å². The molecule has 2 heterocycles. The highest BCUT2D eigenvalue weighted by Gasteiger charge is 2.32. The van der Waals surface area contributed by atoms with Crippen LogP contribution in [0, 0.1) is 5.82 Å². The van der Waals surface area contributed by atoms with Gasteiger partial charge in [-0.25, -0.2) is 4.39 Å². The maximum Gasteiger partial charge on any atom is 0.259 e. The molecule has 2 aromatic rings. The number of nitrogens with one attached hydrogen (secondary N) is 1. The number of carbonyl (C=O) groups is 1. The highest BCUT2D eigenvalue weighted by atomic mass is 32.2. The van der Waals surface area contributed by atoms with Crippen LogP contribution in [-0.2, 0) is 5.54 Å². The number of nitrogens with two attached hydrogens (primary N) is 1. The van der Waals surface area contributed by atoms with E-state index in [1.165, 1.54) is 23.9 Å². The maximum absolute atomic E-state index is 14.5. The van der Waals surface area contributed by atoms with Crippen LogP contribution < -0.4 is 20.5 Å². The molecule has 6 nitrogen and oxygen atoms in total. The first-order valence-electron chi connectivity index (χ1n) is 8.44. The molecule has 0 saturated carbocycles. The highest BCUT2D eigenvalue weighted by Crippen LogP contribution is 2.38. The number of anilines is 1. The number of ether oxygens (including phenoxy) is 2. The molecular formula is C19H18FN3O3S. The molecule has 0 aliphatic carbocycles. The van der Waals surface area contributed by atoms with E-state index in [9.17, 15) is 9.18 Å². The van der Waals surface area contributed by atoms with Gasteiger partial charge in [-0.2, -0.15) is 0 Å². The molecule has 0 fully saturated rings. The van der Waals surface area contributed by atoms with E-state index < -0.39 is 5.54 Å². The number of carbonyl (C=O) groups excluding carboxylic acids is 1. The summed E-state index contributed by atoms with van der Waals surface area (Å²) in [5.74, 6) is 0.957. The van der Waals surface area contributed by atoms with Gasteiger partial charge in [0.1, 0.15) is 5.82 Å². The first-order chi connectivity index (χ1) is 13.0. The summed E-state index contributed by atoms with van der Waals surface area (Å²) in [5.41, 5.74) is 6.32. The van der Waals surface area contributed by atoms with Crippen molar-refractivity contribution in [2.24, 2.45) is 10.7 Å². The van der Waals surface area contributed by atoms with Crippen LogP contribution in [0.5, 0.6) is 11.5 Å². The summed E-state index contributed by atoms with van der Waals surface area (Å²) >= 11 is 1.45. The van der Waals surface area contributed by atoms with E-state index in [2.05, 4.69) is 10.3 Å². The third-order valence-corrected chi connectivity index (χ3v) is 5.44. The summed E-state index contributed by atoms with van der Waals surface area (Å²) in [6.07, 6.45) is 0.657. The zero-order valence-corrected chi connectivity index (χ0v) is 15.4. The lowest BCUT2D eigenvalue weighted by molar-refractivity contribution is 0.102. The maximum atomic E-state index is 14.5. The van der Waals surface area contributed by atoms with Crippen LogP contribution in [0.15, 0.2) is 41.4 Å². The van der Waals surface area contributed by atoms with E-state index in [-0.39, 0.29) is 18.5 Å². The molecule has 3 N–H and O–H groups in total. The molecule has 1 atom stereocenters. The van der Waals surface area contributed by atoms with Crippen LogP contribution in [0.4, 0.5) is 10.1 Å². The zero-order chi connectivity index (χ0) is 19.0. The van der Waals surface area contributed by atoms with Gasteiger partial charge in [0.2, 0.25) is 6.79 Å². The number of para-hydroxylation sites is 1. The van der Waals surface area contributed by atoms with Gasteiger partial charge in [0.15, 0.2) is 16.7 Å². The smallest absolute Gasteiger partial charge is 0.259 e.